The van der Waals surface area contributed by atoms with Gasteiger partial charge in [-0.15, -0.1) is 0 Å². The lowest BCUT2D eigenvalue weighted by Crippen LogP contribution is -2.24. The van der Waals surface area contributed by atoms with Crippen LogP contribution in [0.2, 0.25) is 0 Å². The number of carboxylic acid groups (broad SMARTS) is 1. The molecule has 2 nitrogen and oxygen atoms in total. The van der Waals surface area contributed by atoms with E-state index in [0.29, 0.717) is 0 Å². The molecule has 0 saturated heterocycles. The van der Waals surface area contributed by atoms with E-state index in [1.54, 1.807) is 5.56 Å². The van der Waals surface area contributed by atoms with E-state index in [2.05, 4.69) is 39.0 Å². The second-order valence-corrected chi connectivity index (χ2v) is 8.16. The van der Waals surface area contributed by atoms with Gasteiger partial charge in [-0.1, -0.05) is 62.9 Å². The summed E-state index contributed by atoms with van der Waals surface area (Å²) in [4.78, 5) is 8.36. The van der Waals surface area contributed by atoms with Crippen LogP contribution in [0.15, 0.2) is 18.2 Å². The van der Waals surface area contributed by atoms with E-state index in [4.69, 9.17) is 9.90 Å². The monoisotopic (exact) mass is 360 g/mol. The third-order valence-corrected chi connectivity index (χ3v) is 6.21. The Morgan fingerprint density at radius 3 is 1.62 bits per heavy atom. The lowest BCUT2D eigenvalue weighted by atomic mass is 9.68. The highest BCUT2D eigenvalue weighted by Crippen LogP contribution is 2.43. The fraction of sp³-hybridized carbons (Fsp3) is 0.708. The first-order valence-electron chi connectivity index (χ1n) is 10.7. The van der Waals surface area contributed by atoms with Gasteiger partial charge in [0.05, 0.1) is 0 Å². The number of rotatable bonds is 2. The van der Waals surface area contributed by atoms with Crippen molar-refractivity contribution < 1.29 is 9.90 Å². The molecule has 0 atom stereocenters. The summed E-state index contributed by atoms with van der Waals surface area (Å²) in [6.07, 6.45) is 11.8. The summed E-state index contributed by atoms with van der Waals surface area (Å²) < 4.78 is 0. The van der Waals surface area contributed by atoms with Crippen molar-refractivity contribution in [1.29, 1.82) is 0 Å². The van der Waals surface area contributed by atoms with Crippen LogP contribution in [0.4, 0.5) is 0 Å². The highest BCUT2D eigenvalue weighted by Gasteiger charge is 2.30. The number of carbonyl (C=O) groups is 1. The first-order valence-corrected chi connectivity index (χ1v) is 10.7. The summed E-state index contributed by atoms with van der Waals surface area (Å²) in [7, 11) is 0. The maximum absolute atomic E-state index is 8.36. The first kappa shape index (κ1) is 22.7. The molecule has 0 amide bonds. The number of aryl methyl sites for hydroxylation is 2. The van der Waals surface area contributed by atoms with Gasteiger partial charge in [0.2, 0.25) is 0 Å². The van der Waals surface area contributed by atoms with Gasteiger partial charge in [-0.3, -0.25) is 4.79 Å². The van der Waals surface area contributed by atoms with Crippen molar-refractivity contribution in [2.45, 2.75) is 91.9 Å². The average Bonchev–Trinajstić information content (AvgIpc) is 2.64. The van der Waals surface area contributed by atoms with Gasteiger partial charge in [0.15, 0.2) is 0 Å². The van der Waals surface area contributed by atoms with Crippen LogP contribution in [0, 0.1) is 31.6 Å². The third-order valence-electron chi connectivity index (χ3n) is 6.21. The Bertz CT molecular complexity index is 487. The third kappa shape index (κ3) is 7.13. The summed E-state index contributed by atoms with van der Waals surface area (Å²) in [6, 6.07) is 7.17. The predicted octanol–water partition coefficient (Wildman–Crippen LogP) is 7.13. The smallest absolute Gasteiger partial charge is 0.290 e. The van der Waals surface area contributed by atoms with Gasteiger partial charge < -0.3 is 5.11 Å². The van der Waals surface area contributed by atoms with E-state index in [1.807, 2.05) is 13.8 Å². The largest absolute Gasteiger partial charge is 0.483 e. The Balaban J connectivity index is 0.000000615. The van der Waals surface area contributed by atoms with Gasteiger partial charge in [0.1, 0.15) is 0 Å². The van der Waals surface area contributed by atoms with Crippen LogP contribution in [-0.4, -0.2) is 11.6 Å². The Kier molecular flexibility index (Phi) is 10.6. The maximum Gasteiger partial charge on any atom is 0.290 e. The standard InChI is InChI=1S/C21H32.C2H6.CH2O2/c1-15-4-6-18(7-5-15)19-8-10-20(11-9-19)21-13-16(2)12-17(3)14-21;1-2;2-1-3/h12-15,18-20H,4-11H2,1-3H3;1-2H3;1H,(H,2,3). The van der Waals surface area contributed by atoms with Gasteiger partial charge >= 0.3 is 0 Å². The molecule has 0 aliphatic heterocycles. The zero-order valence-corrected chi connectivity index (χ0v) is 17.6. The summed E-state index contributed by atoms with van der Waals surface area (Å²) in [6.45, 7) is 10.7. The molecule has 1 aromatic carbocycles. The van der Waals surface area contributed by atoms with Crippen LogP contribution in [0.3, 0.4) is 0 Å². The highest BCUT2D eigenvalue weighted by molar-refractivity contribution is 5.32. The van der Waals surface area contributed by atoms with E-state index in [1.165, 1.54) is 62.5 Å². The zero-order chi connectivity index (χ0) is 19.5. The lowest BCUT2D eigenvalue weighted by molar-refractivity contribution is -0.122. The molecule has 0 radical (unpaired) electrons. The average molecular weight is 361 g/mol. The molecule has 2 aliphatic rings. The number of benzene rings is 1. The maximum atomic E-state index is 8.36. The van der Waals surface area contributed by atoms with Crippen LogP contribution in [0.1, 0.15) is 94.7 Å². The van der Waals surface area contributed by atoms with Crippen LogP contribution in [-0.2, 0) is 4.79 Å². The first-order chi connectivity index (χ1) is 12.5. The van der Waals surface area contributed by atoms with Crippen molar-refractivity contribution in [3.05, 3.63) is 34.9 Å². The molecule has 3 rings (SSSR count). The molecular weight excluding hydrogens is 320 g/mol. The molecule has 0 unspecified atom stereocenters. The molecule has 0 heterocycles. The molecule has 148 valence electrons. The molecule has 2 heteroatoms. The van der Waals surface area contributed by atoms with Gasteiger partial charge in [-0.25, -0.2) is 0 Å². The molecule has 0 spiro atoms. The minimum Gasteiger partial charge on any atom is -0.483 e. The fourth-order valence-electron chi connectivity index (χ4n) is 4.93. The molecule has 2 aliphatic carbocycles. The van der Waals surface area contributed by atoms with Crippen molar-refractivity contribution in [2.75, 3.05) is 0 Å². The molecule has 26 heavy (non-hydrogen) atoms. The van der Waals surface area contributed by atoms with Gasteiger partial charge in [-0.2, -0.15) is 0 Å². The Labute approximate surface area is 161 Å². The zero-order valence-electron chi connectivity index (χ0n) is 17.6. The molecule has 1 aromatic rings. The van der Waals surface area contributed by atoms with Crippen LogP contribution >= 0.6 is 0 Å². The van der Waals surface area contributed by atoms with Crippen LogP contribution in [0.25, 0.3) is 0 Å². The number of hydrogen-bond donors (Lipinski definition) is 1. The minimum absolute atomic E-state index is 0.250. The summed E-state index contributed by atoms with van der Waals surface area (Å²) >= 11 is 0. The van der Waals surface area contributed by atoms with Gasteiger partial charge in [0.25, 0.3) is 6.47 Å². The summed E-state index contributed by atoms with van der Waals surface area (Å²) in [5.41, 5.74) is 4.49. The van der Waals surface area contributed by atoms with E-state index >= 15 is 0 Å². The lowest BCUT2D eigenvalue weighted by Gasteiger charge is -2.37. The Morgan fingerprint density at radius 1 is 0.808 bits per heavy atom. The molecular formula is C24H40O2. The summed E-state index contributed by atoms with van der Waals surface area (Å²) in [5.74, 6) is 3.93. The molecule has 1 N–H and O–H groups in total. The molecule has 0 aromatic heterocycles. The Hall–Kier alpha value is -1.31. The van der Waals surface area contributed by atoms with Crippen molar-refractivity contribution in [3.63, 3.8) is 0 Å². The van der Waals surface area contributed by atoms with Crippen molar-refractivity contribution in [2.24, 2.45) is 17.8 Å². The second kappa shape index (κ2) is 12.1. The number of hydrogen-bond acceptors (Lipinski definition) is 1. The molecule has 0 bridgehead atoms. The van der Waals surface area contributed by atoms with Crippen molar-refractivity contribution in [1.82, 2.24) is 0 Å². The van der Waals surface area contributed by atoms with Gasteiger partial charge in [0, 0.05) is 0 Å². The van der Waals surface area contributed by atoms with E-state index in [-0.39, 0.29) is 6.47 Å². The predicted molar refractivity (Wildman–Crippen MR) is 112 cm³/mol. The second-order valence-electron chi connectivity index (χ2n) is 8.16. The van der Waals surface area contributed by atoms with E-state index in [0.717, 1.165) is 23.7 Å². The highest BCUT2D eigenvalue weighted by atomic mass is 16.3. The van der Waals surface area contributed by atoms with Gasteiger partial charge in [-0.05, 0) is 81.6 Å². The molecule has 2 fully saturated rings. The molecule has 2 saturated carbocycles. The van der Waals surface area contributed by atoms with Crippen LogP contribution in [0.5, 0.6) is 0 Å². The van der Waals surface area contributed by atoms with E-state index < -0.39 is 0 Å². The topological polar surface area (TPSA) is 37.3 Å². The summed E-state index contributed by atoms with van der Waals surface area (Å²) in [5, 5.41) is 6.89. The SMILES string of the molecule is CC.Cc1cc(C)cc(C2CCC(C3CCC(C)CC3)CC2)c1.O=CO. The van der Waals surface area contributed by atoms with Crippen molar-refractivity contribution >= 4 is 6.47 Å². The normalized spacial score (nSPS) is 28.0. The fourth-order valence-corrected chi connectivity index (χ4v) is 4.93. The van der Waals surface area contributed by atoms with E-state index in [9.17, 15) is 0 Å². The quantitative estimate of drug-likeness (QED) is 0.569. The van der Waals surface area contributed by atoms with Crippen LogP contribution < -0.4 is 0 Å². The Morgan fingerprint density at radius 2 is 1.19 bits per heavy atom. The minimum atomic E-state index is -0.250. The van der Waals surface area contributed by atoms with Crippen molar-refractivity contribution in [3.8, 4) is 0 Å².